The fourth-order valence-electron chi connectivity index (χ4n) is 5.96. The van der Waals surface area contributed by atoms with E-state index in [2.05, 4.69) is 38.3 Å². The van der Waals surface area contributed by atoms with Gasteiger partial charge in [0.05, 0.1) is 33.2 Å². The summed E-state index contributed by atoms with van der Waals surface area (Å²) in [5, 5.41) is 22.6. The number of fused-ring (bicyclic) bond motifs is 2. The van der Waals surface area contributed by atoms with Crippen molar-refractivity contribution >= 4 is 36.3 Å². The Morgan fingerprint density at radius 1 is 0.829 bits per heavy atom. The van der Waals surface area contributed by atoms with E-state index in [-0.39, 0.29) is 36.4 Å². The number of nitrogens with two attached hydrogens (primary N) is 2. The normalized spacial score (nSPS) is 33.4. The van der Waals surface area contributed by atoms with Crippen LogP contribution in [0.3, 0.4) is 0 Å². The van der Waals surface area contributed by atoms with E-state index in [1.165, 1.54) is 28.1 Å². The molecule has 0 bridgehead atoms. The molecule has 5 N–H and O–H groups in total. The Kier molecular flexibility index (Phi) is 10.2. The third-order valence-corrected chi connectivity index (χ3v) is 8.80. The zero-order chi connectivity index (χ0) is 26.2. The van der Waals surface area contributed by atoms with Crippen LogP contribution in [0.15, 0.2) is 0 Å². The molecule has 10 nitrogen and oxygen atoms in total. The largest absolute Gasteiger partial charge is 0.550 e. The van der Waals surface area contributed by atoms with Gasteiger partial charge in [0.2, 0.25) is 0 Å². The average molecular weight is 522 g/mol. The van der Waals surface area contributed by atoms with E-state index in [0.717, 1.165) is 24.9 Å². The van der Waals surface area contributed by atoms with Gasteiger partial charge in [-0.2, -0.15) is 0 Å². The molecule has 202 valence electrons. The van der Waals surface area contributed by atoms with Gasteiger partial charge in [0.15, 0.2) is 12.1 Å². The summed E-state index contributed by atoms with van der Waals surface area (Å²) in [6, 6.07) is 0.157. The number of quaternary nitrogens is 2. The van der Waals surface area contributed by atoms with Crippen LogP contribution in [0, 0.1) is 46.3 Å². The van der Waals surface area contributed by atoms with Crippen molar-refractivity contribution < 1.29 is 49.5 Å². The van der Waals surface area contributed by atoms with Crippen molar-refractivity contribution in [1.82, 2.24) is 0 Å². The van der Waals surface area contributed by atoms with Gasteiger partial charge in [0.1, 0.15) is 0 Å². The van der Waals surface area contributed by atoms with E-state index in [1.807, 2.05) is 0 Å². The zero-order valence-electron chi connectivity index (χ0n) is 21.9. The summed E-state index contributed by atoms with van der Waals surface area (Å²) >= 11 is 0. The molecule has 2 aliphatic carbocycles. The maximum absolute atomic E-state index is 11.3. The van der Waals surface area contributed by atoms with Gasteiger partial charge in [-0.25, -0.2) is 9.59 Å². The lowest BCUT2D eigenvalue weighted by Gasteiger charge is -2.15. The zero-order valence-corrected chi connectivity index (χ0v) is 22.7. The molecule has 0 aromatic heterocycles. The van der Waals surface area contributed by atoms with Crippen molar-refractivity contribution in [3.63, 3.8) is 0 Å². The highest BCUT2D eigenvalue weighted by atomic mass is 35.5. The van der Waals surface area contributed by atoms with Crippen LogP contribution in [0.2, 0.25) is 0 Å². The van der Waals surface area contributed by atoms with Crippen LogP contribution in [-0.2, 0) is 28.7 Å². The first-order valence-electron chi connectivity index (χ1n) is 11.9. The highest BCUT2D eigenvalue weighted by Gasteiger charge is 2.70. The molecule has 11 heteroatoms. The van der Waals surface area contributed by atoms with Crippen molar-refractivity contribution in [1.29, 1.82) is 0 Å². The number of methoxy groups -OCH3 is 2. The Morgan fingerprint density at radius 2 is 1.17 bits per heavy atom. The number of carbonyl (C=O) groups excluding carboxylic acids is 3. The third kappa shape index (κ3) is 6.27. The first-order valence-corrected chi connectivity index (χ1v) is 11.9. The summed E-state index contributed by atoms with van der Waals surface area (Å²) in [6.07, 6.45) is 0. The summed E-state index contributed by atoms with van der Waals surface area (Å²) in [4.78, 5) is 42.8. The number of rotatable bonds is 5. The molecule has 0 aromatic rings. The Morgan fingerprint density at radius 3 is 1.34 bits per heavy atom. The van der Waals surface area contributed by atoms with E-state index < -0.39 is 23.8 Å². The highest BCUT2D eigenvalue weighted by molar-refractivity contribution is 5.85. The van der Waals surface area contributed by atoms with E-state index in [9.17, 15) is 24.3 Å². The van der Waals surface area contributed by atoms with E-state index >= 15 is 0 Å². The SMILES string of the molecule is COC(=O)[C@H]1[NH2+]C[C@H]2[C@@H]1C2(C)C.COC(=O)[C@H]1[NH2+]C[C@H]2[C@@H]1C2(C)C.C[C@H](C(=O)[O-])[C@H](C)C(=O)O.Cl. The van der Waals surface area contributed by atoms with E-state index in [0.29, 0.717) is 22.7 Å². The molecule has 35 heavy (non-hydrogen) atoms. The van der Waals surface area contributed by atoms with E-state index in [4.69, 9.17) is 14.6 Å². The van der Waals surface area contributed by atoms with Crippen molar-refractivity contribution in [2.75, 3.05) is 27.3 Å². The molecule has 0 amide bonds. The minimum Gasteiger partial charge on any atom is -0.550 e. The predicted octanol–water partition coefficient (Wildman–Crippen LogP) is -1.73. The highest BCUT2D eigenvalue weighted by Crippen LogP contribution is 2.61. The number of hydrogen-bond donors (Lipinski definition) is 3. The van der Waals surface area contributed by atoms with Crippen molar-refractivity contribution in [3.8, 4) is 0 Å². The summed E-state index contributed by atoms with van der Waals surface area (Å²) in [5.41, 5.74) is 0.765. The van der Waals surface area contributed by atoms with Crippen LogP contribution in [-0.4, -0.2) is 68.4 Å². The molecular formula is C24H42ClN2O8+. The van der Waals surface area contributed by atoms with Gasteiger partial charge in [-0.05, 0) is 10.8 Å². The summed E-state index contributed by atoms with van der Waals surface area (Å²) in [7, 11) is 2.94. The smallest absolute Gasteiger partial charge is 0.364 e. The van der Waals surface area contributed by atoms with Crippen LogP contribution in [0.4, 0.5) is 0 Å². The molecule has 4 rings (SSSR count). The standard InChI is InChI=1S/2C9H15NO2.C6H10O4.ClH/c2*1-9(2)5-4-10-7(6(5)9)8(11)12-3;1-3(5(7)8)4(2)6(9)10;/h2*5-7,10H,4H2,1-3H3;3-4H,1-2H3,(H,7,8)(H,9,10);1H/p+1/t2*5-,6-,7-;3-,4-;/m000./s1. The molecule has 0 aromatic carbocycles. The molecule has 2 saturated carbocycles. The maximum Gasteiger partial charge on any atom is 0.364 e. The molecule has 0 unspecified atom stereocenters. The number of hydrogen-bond acceptors (Lipinski definition) is 7. The molecular weight excluding hydrogens is 480 g/mol. The van der Waals surface area contributed by atoms with Crippen LogP contribution in [0.1, 0.15) is 41.5 Å². The average Bonchev–Trinajstić information content (AvgIpc) is 3.30. The second-order valence-electron chi connectivity index (χ2n) is 11.2. The van der Waals surface area contributed by atoms with Gasteiger partial charge in [0, 0.05) is 35.6 Å². The Hall–Kier alpha value is -1.91. The summed E-state index contributed by atoms with van der Waals surface area (Å²) in [6.45, 7) is 13.8. The number of halogens is 1. The van der Waals surface area contributed by atoms with Gasteiger partial charge in [0.25, 0.3) is 0 Å². The topological polar surface area (TPSA) is 163 Å². The quantitative estimate of drug-likeness (QED) is 0.359. The van der Waals surface area contributed by atoms with Crippen LogP contribution in [0.5, 0.6) is 0 Å². The van der Waals surface area contributed by atoms with Crippen molar-refractivity contribution in [2.24, 2.45) is 46.3 Å². The second kappa shape index (κ2) is 11.4. The minimum atomic E-state index is -1.32. The monoisotopic (exact) mass is 521 g/mol. The molecule has 0 radical (unpaired) electrons. The molecule has 2 heterocycles. The summed E-state index contributed by atoms with van der Waals surface area (Å²) < 4.78 is 9.51. The van der Waals surface area contributed by atoms with Gasteiger partial charge in [-0.1, -0.05) is 41.5 Å². The third-order valence-electron chi connectivity index (χ3n) is 8.80. The predicted molar refractivity (Wildman–Crippen MR) is 125 cm³/mol. The minimum absolute atomic E-state index is 0. The second-order valence-corrected chi connectivity index (χ2v) is 11.2. The number of carboxylic acid groups (broad SMARTS) is 2. The maximum atomic E-state index is 11.3. The Labute approximate surface area is 213 Å². The number of carbonyl (C=O) groups is 4. The lowest BCUT2D eigenvalue weighted by Crippen LogP contribution is -2.90. The van der Waals surface area contributed by atoms with Gasteiger partial charge < -0.3 is 35.1 Å². The van der Waals surface area contributed by atoms with E-state index in [1.54, 1.807) is 0 Å². The molecule has 4 aliphatic rings. The number of piperidine rings is 2. The molecule has 4 fully saturated rings. The van der Waals surface area contributed by atoms with Crippen molar-refractivity contribution in [3.05, 3.63) is 0 Å². The number of ether oxygens (including phenoxy) is 2. The van der Waals surface area contributed by atoms with Crippen molar-refractivity contribution in [2.45, 2.75) is 53.6 Å². The van der Waals surface area contributed by atoms with Gasteiger partial charge >= 0.3 is 17.9 Å². The van der Waals surface area contributed by atoms with Crippen LogP contribution >= 0.6 is 12.4 Å². The Bertz CT molecular complexity index is 751. The lowest BCUT2D eigenvalue weighted by atomic mass is 9.97. The molecule has 0 spiro atoms. The number of aliphatic carboxylic acids is 2. The Balaban J connectivity index is 0.000000261. The van der Waals surface area contributed by atoms with Gasteiger partial charge in [-0.3, -0.25) is 4.79 Å². The lowest BCUT2D eigenvalue weighted by molar-refractivity contribution is -0.670. The number of carboxylic acids is 2. The fourth-order valence-corrected chi connectivity index (χ4v) is 5.96. The first-order chi connectivity index (χ1) is 15.6. The van der Waals surface area contributed by atoms with Crippen LogP contribution < -0.4 is 15.7 Å². The molecule has 2 saturated heterocycles. The molecule has 2 aliphatic heterocycles. The van der Waals surface area contributed by atoms with Gasteiger partial charge in [-0.15, -0.1) is 12.4 Å². The summed E-state index contributed by atoms with van der Waals surface area (Å²) in [5.74, 6) is -1.76. The fraction of sp³-hybridized carbons (Fsp3) is 0.833. The number of esters is 2. The first kappa shape index (κ1) is 31.1. The van der Waals surface area contributed by atoms with Crippen LogP contribution in [0.25, 0.3) is 0 Å². The molecule has 8 atom stereocenters.